The molecule has 3 heterocycles. The summed E-state index contributed by atoms with van der Waals surface area (Å²) in [5.74, 6) is 1.92. The van der Waals surface area contributed by atoms with Gasteiger partial charge in [0.2, 0.25) is 0 Å². The number of nitrogens with zero attached hydrogens (tertiary/aromatic N) is 5. The molecular weight excluding hydrogens is 264 g/mol. The van der Waals surface area contributed by atoms with Crippen LogP contribution < -0.4 is 10.2 Å². The van der Waals surface area contributed by atoms with Crippen LogP contribution in [0.2, 0.25) is 0 Å². The molecule has 0 amide bonds. The van der Waals surface area contributed by atoms with Crippen LogP contribution in [0.25, 0.3) is 5.65 Å². The van der Waals surface area contributed by atoms with E-state index in [2.05, 4.69) is 38.3 Å². The molecule has 6 nitrogen and oxygen atoms in total. The molecule has 0 saturated carbocycles. The number of aromatic nitrogens is 3. The Morgan fingerprint density at radius 1 is 1.19 bits per heavy atom. The minimum absolute atomic E-state index is 0.926. The monoisotopic (exact) mass is 288 g/mol. The van der Waals surface area contributed by atoms with Crippen LogP contribution in [0.3, 0.4) is 0 Å². The first-order valence-electron chi connectivity index (χ1n) is 7.86. The zero-order valence-corrected chi connectivity index (χ0v) is 12.9. The molecule has 0 aromatic carbocycles. The first-order chi connectivity index (χ1) is 10.3. The highest BCUT2D eigenvalue weighted by Crippen LogP contribution is 2.22. The molecule has 1 fully saturated rings. The van der Waals surface area contributed by atoms with Crippen molar-refractivity contribution in [2.75, 3.05) is 49.5 Å². The minimum atomic E-state index is 0.926. The van der Waals surface area contributed by atoms with E-state index >= 15 is 0 Å². The number of imidazole rings is 1. The fraction of sp³-hybridized carbons (Fsp3) is 0.600. The van der Waals surface area contributed by atoms with Gasteiger partial charge >= 0.3 is 0 Å². The first-order valence-corrected chi connectivity index (χ1v) is 7.86. The van der Waals surface area contributed by atoms with Crippen molar-refractivity contribution < 1.29 is 0 Å². The summed E-state index contributed by atoms with van der Waals surface area (Å²) in [4.78, 5) is 14.1. The summed E-state index contributed by atoms with van der Waals surface area (Å²) in [6, 6.07) is 0. The Balaban J connectivity index is 1.87. The van der Waals surface area contributed by atoms with Crippen LogP contribution in [-0.4, -0.2) is 58.5 Å². The van der Waals surface area contributed by atoms with Gasteiger partial charge in [0.05, 0.1) is 6.20 Å². The Hall–Kier alpha value is -1.82. The van der Waals surface area contributed by atoms with Crippen LogP contribution >= 0.6 is 0 Å². The number of likely N-dealkylation sites (N-methyl/N-ethyl adjacent to an activating group) is 1. The summed E-state index contributed by atoms with van der Waals surface area (Å²) in [7, 11) is 0. The van der Waals surface area contributed by atoms with E-state index in [4.69, 9.17) is 4.98 Å². The number of nitrogens with one attached hydrogen (secondary N) is 1. The van der Waals surface area contributed by atoms with Crippen LogP contribution in [-0.2, 0) is 0 Å². The highest BCUT2D eigenvalue weighted by Gasteiger charge is 2.20. The summed E-state index contributed by atoms with van der Waals surface area (Å²) >= 11 is 0. The van der Waals surface area contributed by atoms with Crippen molar-refractivity contribution in [3.05, 3.63) is 18.6 Å². The SMILES string of the molecule is CCCNc1cn2ccnc2c(N2CCN(CC)CC2)n1. The standard InChI is InChI=1S/C15H24N6/c1-3-5-16-13-12-21-7-6-17-14(21)15(18-13)20-10-8-19(4-2)9-11-20/h6-7,12,16H,3-5,8-11H2,1-2H3. The summed E-state index contributed by atoms with van der Waals surface area (Å²) in [5.41, 5.74) is 0.946. The largest absolute Gasteiger partial charge is 0.369 e. The van der Waals surface area contributed by atoms with Gasteiger partial charge in [-0.3, -0.25) is 0 Å². The van der Waals surface area contributed by atoms with E-state index in [0.717, 1.165) is 63.0 Å². The third kappa shape index (κ3) is 2.95. The Bertz CT molecular complexity index is 585. The highest BCUT2D eigenvalue weighted by atomic mass is 15.3. The van der Waals surface area contributed by atoms with Gasteiger partial charge in [-0.25, -0.2) is 9.97 Å². The van der Waals surface area contributed by atoms with Crippen LogP contribution in [0.15, 0.2) is 18.6 Å². The Labute approximate surface area is 125 Å². The predicted molar refractivity (Wildman–Crippen MR) is 86.1 cm³/mol. The third-order valence-corrected chi connectivity index (χ3v) is 4.03. The van der Waals surface area contributed by atoms with E-state index in [-0.39, 0.29) is 0 Å². The second-order valence-electron chi connectivity index (χ2n) is 5.46. The maximum absolute atomic E-state index is 4.80. The number of hydrogen-bond acceptors (Lipinski definition) is 5. The van der Waals surface area contributed by atoms with Gasteiger partial charge in [0.1, 0.15) is 5.82 Å². The lowest BCUT2D eigenvalue weighted by Gasteiger charge is -2.34. The molecule has 3 rings (SSSR count). The van der Waals surface area contributed by atoms with Crippen molar-refractivity contribution in [2.24, 2.45) is 0 Å². The molecule has 0 radical (unpaired) electrons. The summed E-state index contributed by atoms with van der Waals surface area (Å²) in [6.45, 7) is 10.7. The van der Waals surface area contributed by atoms with Crippen molar-refractivity contribution in [1.29, 1.82) is 0 Å². The molecule has 2 aromatic rings. The van der Waals surface area contributed by atoms with Crippen LogP contribution in [0, 0.1) is 0 Å². The van der Waals surface area contributed by atoms with Gasteiger partial charge < -0.3 is 19.5 Å². The lowest BCUT2D eigenvalue weighted by Crippen LogP contribution is -2.46. The van der Waals surface area contributed by atoms with E-state index < -0.39 is 0 Å². The summed E-state index contributed by atoms with van der Waals surface area (Å²) < 4.78 is 2.06. The van der Waals surface area contributed by atoms with Gasteiger partial charge in [0.25, 0.3) is 0 Å². The molecule has 0 spiro atoms. The lowest BCUT2D eigenvalue weighted by molar-refractivity contribution is 0.270. The molecule has 114 valence electrons. The van der Waals surface area contributed by atoms with Crippen molar-refractivity contribution in [3.63, 3.8) is 0 Å². The Kier molecular flexibility index (Phi) is 4.24. The van der Waals surface area contributed by atoms with Crippen LogP contribution in [0.5, 0.6) is 0 Å². The highest BCUT2D eigenvalue weighted by molar-refractivity contribution is 5.67. The second kappa shape index (κ2) is 6.30. The van der Waals surface area contributed by atoms with Crippen molar-refractivity contribution in [3.8, 4) is 0 Å². The van der Waals surface area contributed by atoms with Gasteiger partial charge in [-0.05, 0) is 13.0 Å². The average molecular weight is 288 g/mol. The maximum Gasteiger partial charge on any atom is 0.180 e. The van der Waals surface area contributed by atoms with Crippen LogP contribution in [0.1, 0.15) is 20.3 Å². The predicted octanol–water partition coefficient (Wildman–Crippen LogP) is 1.69. The average Bonchev–Trinajstić information content (AvgIpc) is 3.00. The number of anilines is 2. The van der Waals surface area contributed by atoms with Crippen LogP contribution in [0.4, 0.5) is 11.6 Å². The first kappa shape index (κ1) is 14.1. The van der Waals surface area contributed by atoms with Gasteiger partial charge in [-0.2, -0.15) is 0 Å². The quantitative estimate of drug-likeness (QED) is 0.907. The Morgan fingerprint density at radius 3 is 2.71 bits per heavy atom. The molecule has 0 atom stereocenters. The molecule has 0 aliphatic carbocycles. The normalized spacial score (nSPS) is 16.6. The summed E-state index contributed by atoms with van der Waals surface area (Å²) in [5, 5.41) is 3.38. The third-order valence-electron chi connectivity index (χ3n) is 4.03. The fourth-order valence-corrected chi connectivity index (χ4v) is 2.74. The van der Waals surface area contributed by atoms with Gasteiger partial charge in [0, 0.05) is 45.1 Å². The maximum atomic E-state index is 4.80. The van der Waals surface area contributed by atoms with Gasteiger partial charge in [-0.15, -0.1) is 0 Å². The molecule has 0 bridgehead atoms. The number of fused-ring (bicyclic) bond motifs is 1. The van der Waals surface area contributed by atoms with Crippen molar-refractivity contribution in [1.82, 2.24) is 19.3 Å². The molecular formula is C15H24N6. The van der Waals surface area contributed by atoms with Gasteiger partial charge in [0.15, 0.2) is 11.5 Å². The summed E-state index contributed by atoms with van der Waals surface area (Å²) in [6.07, 6.45) is 6.93. The zero-order chi connectivity index (χ0) is 14.7. The van der Waals surface area contributed by atoms with Gasteiger partial charge in [-0.1, -0.05) is 13.8 Å². The van der Waals surface area contributed by atoms with Crippen molar-refractivity contribution >= 4 is 17.3 Å². The number of rotatable bonds is 5. The fourth-order valence-electron chi connectivity index (χ4n) is 2.74. The number of piperazine rings is 1. The topological polar surface area (TPSA) is 48.7 Å². The molecule has 1 aliphatic rings. The molecule has 1 saturated heterocycles. The number of hydrogen-bond donors (Lipinski definition) is 1. The van der Waals surface area contributed by atoms with Crippen molar-refractivity contribution in [2.45, 2.75) is 20.3 Å². The second-order valence-corrected chi connectivity index (χ2v) is 5.46. The lowest BCUT2D eigenvalue weighted by atomic mass is 10.3. The Morgan fingerprint density at radius 2 is 2.00 bits per heavy atom. The van der Waals surface area contributed by atoms with E-state index in [1.54, 1.807) is 0 Å². The molecule has 6 heteroatoms. The molecule has 21 heavy (non-hydrogen) atoms. The molecule has 1 aliphatic heterocycles. The minimum Gasteiger partial charge on any atom is -0.369 e. The van der Waals surface area contributed by atoms with E-state index in [9.17, 15) is 0 Å². The van der Waals surface area contributed by atoms with E-state index in [0.29, 0.717) is 0 Å². The molecule has 1 N–H and O–H groups in total. The smallest absolute Gasteiger partial charge is 0.180 e. The molecule has 2 aromatic heterocycles. The van der Waals surface area contributed by atoms with E-state index in [1.165, 1.54) is 0 Å². The van der Waals surface area contributed by atoms with E-state index in [1.807, 2.05) is 18.6 Å². The molecule has 0 unspecified atom stereocenters. The zero-order valence-electron chi connectivity index (χ0n) is 12.9.